The van der Waals surface area contributed by atoms with Crippen LogP contribution in [0.2, 0.25) is 0 Å². The highest BCUT2D eigenvalue weighted by atomic mass is 15.0. The number of nitrogens with zero attached hydrogens (tertiary/aromatic N) is 2. The molecular weight excluding hydrogens is 224 g/mol. The number of aromatic amines is 1. The Morgan fingerprint density at radius 3 is 2.67 bits per heavy atom. The quantitative estimate of drug-likeness (QED) is 0.803. The number of pyridine rings is 1. The predicted molar refractivity (Wildman–Crippen MR) is 68.9 cm³/mol. The molecule has 2 aromatic heterocycles. The first-order chi connectivity index (χ1) is 8.81. The number of nitrogens with one attached hydrogen (secondary N) is 1. The summed E-state index contributed by atoms with van der Waals surface area (Å²) in [5.41, 5.74) is 7.51. The van der Waals surface area contributed by atoms with Crippen LogP contribution in [0.25, 0.3) is 11.2 Å². The van der Waals surface area contributed by atoms with Crippen molar-refractivity contribution in [2.45, 2.75) is 25.2 Å². The fourth-order valence-electron chi connectivity index (χ4n) is 4.77. The molecule has 2 aromatic rings. The molecule has 18 heavy (non-hydrogen) atoms. The molecule has 4 unspecified atom stereocenters. The lowest BCUT2D eigenvalue weighted by atomic mass is 10.0. The molecule has 0 saturated heterocycles. The van der Waals surface area contributed by atoms with Crippen molar-refractivity contribution >= 4 is 17.0 Å². The van der Waals surface area contributed by atoms with Crippen molar-refractivity contribution in [3.05, 3.63) is 18.0 Å². The summed E-state index contributed by atoms with van der Waals surface area (Å²) in [6, 6.07) is 3.82. The van der Waals surface area contributed by atoms with Crippen molar-refractivity contribution in [2.75, 3.05) is 5.73 Å². The number of hydrogen-bond acceptors (Lipinski definition) is 3. The fourth-order valence-corrected chi connectivity index (χ4v) is 4.77. The maximum atomic E-state index is 5.71. The van der Waals surface area contributed by atoms with Gasteiger partial charge in [0.05, 0.1) is 5.52 Å². The van der Waals surface area contributed by atoms with Crippen LogP contribution in [0.4, 0.5) is 5.82 Å². The first-order valence-electron chi connectivity index (χ1n) is 6.93. The topological polar surface area (TPSA) is 67.6 Å². The molecule has 4 nitrogen and oxygen atoms in total. The summed E-state index contributed by atoms with van der Waals surface area (Å²) in [6.07, 6.45) is 4.39. The van der Waals surface area contributed by atoms with Gasteiger partial charge in [0, 0.05) is 5.92 Å². The molecule has 2 heterocycles. The van der Waals surface area contributed by atoms with E-state index >= 15 is 0 Å². The standard InChI is InChI=1S/C14H16N4/c15-9-4-3-8-13(17-9)18-14(16-8)12-10-6-1-2-7(5-6)11(10)12/h3-4,6-7,10-12H,1-2,5H2,(H3,15,16,17,18). The zero-order valence-corrected chi connectivity index (χ0v) is 10.1. The molecular formula is C14H16N4. The summed E-state index contributed by atoms with van der Waals surface area (Å²) in [6.45, 7) is 0. The molecule has 0 amide bonds. The molecule has 4 heteroatoms. The van der Waals surface area contributed by atoms with Gasteiger partial charge in [-0.2, -0.15) is 0 Å². The number of hydrogen-bond donors (Lipinski definition) is 2. The molecule has 92 valence electrons. The molecule has 0 radical (unpaired) electrons. The number of anilines is 1. The van der Waals surface area contributed by atoms with Crippen LogP contribution in [0.1, 0.15) is 31.0 Å². The number of H-pyrrole nitrogens is 1. The van der Waals surface area contributed by atoms with E-state index in [4.69, 9.17) is 5.73 Å². The summed E-state index contributed by atoms with van der Waals surface area (Å²) in [4.78, 5) is 12.4. The van der Waals surface area contributed by atoms with Crippen LogP contribution in [0.3, 0.4) is 0 Å². The van der Waals surface area contributed by atoms with Crippen molar-refractivity contribution in [1.29, 1.82) is 0 Å². The molecule has 0 aliphatic heterocycles. The molecule has 4 atom stereocenters. The van der Waals surface area contributed by atoms with E-state index in [0.29, 0.717) is 11.7 Å². The number of aromatic nitrogens is 3. The summed E-state index contributed by atoms with van der Waals surface area (Å²) < 4.78 is 0. The molecule has 0 spiro atoms. The number of rotatable bonds is 1. The fraction of sp³-hybridized carbons (Fsp3) is 0.571. The Labute approximate surface area is 105 Å². The minimum absolute atomic E-state index is 0.552. The van der Waals surface area contributed by atoms with E-state index in [0.717, 1.165) is 40.7 Å². The largest absolute Gasteiger partial charge is 0.384 e. The van der Waals surface area contributed by atoms with Crippen LogP contribution in [0.15, 0.2) is 12.1 Å². The van der Waals surface area contributed by atoms with Gasteiger partial charge in [0.25, 0.3) is 0 Å². The van der Waals surface area contributed by atoms with Gasteiger partial charge in [-0.25, -0.2) is 9.97 Å². The Bertz CT molecular complexity index is 630. The van der Waals surface area contributed by atoms with E-state index in [-0.39, 0.29) is 0 Å². The number of imidazole rings is 1. The third-order valence-electron chi connectivity index (χ3n) is 5.44. The van der Waals surface area contributed by atoms with Crippen LogP contribution >= 0.6 is 0 Å². The van der Waals surface area contributed by atoms with E-state index in [1.54, 1.807) is 0 Å². The maximum Gasteiger partial charge on any atom is 0.179 e. The Kier molecular flexibility index (Phi) is 1.49. The second kappa shape index (κ2) is 2.87. The summed E-state index contributed by atoms with van der Waals surface area (Å²) in [7, 11) is 0. The third-order valence-corrected chi connectivity index (χ3v) is 5.44. The Morgan fingerprint density at radius 2 is 1.89 bits per heavy atom. The van der Waals surface area contributed by atoms with E-state index in [1.807, 2.05) is 12.1 Å². The van der Waals surface area contributed by atoms with Gasteiger partial charge in [-0.15, -0.1) is 0 Å². The van der Waals surface area contributed by atoms with Gasteiger partial charge in [0.2, 0.25) is 0 Å². The molecule has 5 rings (SSSR count). The first kappa shape index (κ1) is 9.36. The predicted octanol–water partition coefficient (Wildman–Crippen LogP) is 2.30. The molecule has 0 aromatic carbocycles. The summed E-state index contributed by atoms with van der Waals surface area (Å²) in [5, 5.41) is 0. The third kappa shape index (κ3) is 1.02. The summed E-state index contributed by atoms with van der Waals surface area (Å²) >= 11 is 0. The Balaban J connectivity index is 1.56. The highest BCUT2D eigenvalue weighted by Crippen LogP contribution is 2.72. The van der Waals surface area contributed by atoms with Crippen molar-refractivity contribution in [3.8, 4) is 0 Å². The zero-order chi connectivity index (χ0) is 11.9. The Morgan fingerprint density at radius 1 is 1.11 bits per heavy atom. The van der Waals surface area contributed by atoms with Crippen LogP contribution in [0, 0.1) is 23.7 Å². The molecule has 3 fully saturated rings. The van der Waals surface area contributed by atoms with Crippen molar-refractivity contribution < 1.29 is 0 Å². The number of nitrogens with two attached hydrogens (primary N) is 1. The van der Waals surface area contributed by atoms with Crippen LogP contribution < -0.4 is 5.73 Å². The van der Waals surface area contributed by atoms with Crippen LogP contribution in [-0.2, 0) is 0 Å². The van der Waals surface area contributed by atoms with E-state index in [2.05, 4.69) is 15.0 Å². The monoisotopic (exact) mass is 240 g/mol. The minimum atomic E-state index is 0.552. The molecule has 3 N–H and O–H groups in total. The second-order valence-corrected chi connectivity index (χ2v) is 6.24. The SMILES string of the molecule is Nc1ccc2[nH]c(C3C4C5CCC(C5)C34)nc2n1. The normalized spacial score (nSPS) is 40.3. The zero-order valence-electron chi connectivity index (χ0n) is 10.1. The molecule has 2 bridgehead atoms. The van der Waals surface area contributed by atoms with E-state index in [1.165, 1.54) is 19.3 Å². The van der Waals surface area contributed by atoms with Gasteiger partial charge < -0.3 is 10.7 Å². The highest BCUT2D eigenvalue weighted by Gasteiger charge is 2.66. The van der Waals surface area contributed by atoms with Gasteiger partial charge in [-0.1, -0.05) is 0 Å². The van der Waals surface area contributed by atoms with E-state index in [9.17, 15) is 0 Å². The van der Waals surface area contributed by atoms with Gasteiger partial charge in [-0.3, -0.25) is 0 Å². The highest BCUT2D eigenvalue weighted by molar-refractivity contribution is 5.72. The minimum Gasteiger partial charge on any atom is -0.384 e. The average molecular weight is 240 g/mol. The summed E-state index contributed by atoms with van der Waals surface area (Å²) in [5.74, 6) is 6.20. The molecule has 3 aliphatic rings. The number of fused-ring (bicyclic) bond motifs is 6. The maximum absolute atomic E-state index is 5.71. The smallest absolute Gasteiger partial charge is 0.179 e. The van der Waals surface area contributed by atoms with E-state index < -0.39 is 0 Å². The van der Waals surface area contributed by atoms with Crippen molar-refractivity contribution in [2.24, 2.45) is 23.7 Å². The molecule has 3 aliphatic carbocycles. The van der Waals surface area contributed by atoms with Crippen molar-refractivity contribution in [1.82, 2.24) is 15.0 Å². The van der Waals surface area contributed by atoms with Gasteiger partial charge in [-0.05, 0) is 55.1 Å². The average Bonchev–Trinajstić information content (AvgIpc) is 2.75. The lowest BCUT2D eigenvalue weighted by molar-refractivity contribution is 0.456. The lowest BCUT2D eigenvalue weighted by Gasteiger charge is -2.05. The van der Waals surface area contributed by atoms with Crippen LogP contribution in [-0.4, -0.2) is 15.0 Å². The first-order valence-corrected chi connectivity index (χ1v) is 6.93. The van der Waals surface area contributed by atoms with Gasteiger partial charge in [0.15, 0.2) is 5.65 Å². The van der Waals surface area contributed by atoms with Crippen LogP contribution in [0.5, 0.6) is 0 Å². The number of nitrogen functional groups attached to an aromatic ring is 1. The second-order valence-electron chi connectivity index (χ2n) is 6.24. The van der Waals surface area contributed by atoms with Gasteiger partial charge >= 0.3 is 0 Å². The Hall–Kier alpha value is -1.58. The molecule has 3 saturated carbocycles. The lowest BCUT2D eigenvalue weighted by Crippen LogP contribution is -1.98. The van der Waals surface area contributed by atoms with Crippen molar-refractivity contribution in [3.63, 3.8) is 0 Å². The van der Waals surface area contributed by atoms with Gasteiger partial charge in [0.1, 0.15) is 11.6 Å².